The molecule has 0 spiro atoms. The van der Waals surface area contributed by atoms with Crippen molar-refractivity contribution in [2.45, 2.75) is 34.1 Å². The smallest absolute Gasteiger partial charge is 0.316 e. The number of carbonyl (C=O) groups is 2. The molecule has 1 rings (SSSR count). The lowest BCUT2D eigenvalue weighted by molar-refractivity contribution is -0.144. The molecule has 0 aliphatic heterocycles. The summed E-state index contributed by atoms with van der Waals surface area (Å²) in [4.78, 5) is 23.1. The molecular weight excluding hydrogens is 228 g/mol. The van der Waals surface area contributed by atoms with Crippen LogP contribution in [0.3, 0.4) is 0 Å². The first kappa shape index (κ1) is 14.4. The van der Waals surface area contributed by atoms with E-state index >= 15 is 0 Å². The Bertz CT molecular complexity index is 441. The molecule has 0 heterocycles. The molecule has 3 heteroatoms. The van der Waals surface area contributed by atoms with Crippen LogP contribution in [-0.4, -0.2) is 16.9 Å². The number of ketones is 1. The van der Waals surface area contributed by atoms with E-state index in [4.69, 9.17) is 5.11 Å². The predicted molar refractivity (Wildman–Crippen MR) is 70.7 cm³/mol. The van der Waals surface area contributed by atoms with Crippen molar-refractivity contribution < 1.29 is 14.7 Å². The van der Waals surface area contributed by atoms with Crippen LogP contribution in [-0.2, 0) is 11.2 Å². The van der Waals surface area contributed by atoms with Crippen LogP contribution >= 0.6 is 0 Å². The Kier molecular flexibility index (Phi) is 4.28. The minimum atomic E-state index is -1.38. The van der Waals surface area contributed by atoms with Gasteiger partial charge in [0, 0.05) is 5.56 Å². The molecule has 0 saturated carbocycles. The molecule has 18 heavy (non-hydrogen) atoms. The van der Waals surface area contributed by atoms with Crippen LogP contribution in [0.1, 0.15) is 43.6 Å². The molecule has 1 aromatic rings. The second kappa shape index (κ2) is 5.34. The number of carbonyl (C=O) groups excluding carboxylic acids is 1. The van der Waals surface area contributed by atoms with Gasteiger partial charge in [-0.3, -0.25) is 9.59 Å². The molecule has 0 saturated heterocycles. The van der Waals surface area contributed by atoms with E-state index in [9.17, 15) is 9.59 Å². The van der Waals surface area contributed by atoms with Crippen molar-refractivity contribution >= 4 is 11.8 Å². The first-order chi connectivity index (χ1) is 8.25. The van der Waals surface area contributed by atoms with Crippen LogP contribution in [0.5, 0.6) is 0 Å². The summed E-state index contributed by atoms with van der Waals surface area (Å²) in [6.45, 7) is 7.12. The lowest BCUT2D eigenvalue weighted by atomic mass is 9.84. The quantitative estimate of drug-likeness (QED) is 0.643. The molecule has 1 aromatic carbocycles. The number of hydrogen-bond acceptors (Lipinski definition) is 2. The van der Waals surface area contributed by atoms with Crippen molar-refractivity contribution in [3.05, 3.63) is 35.4 Å². The third-order valence-corrected chi connectivity index (χ3v) is 2.96. The van der Waals surface area contributed by atoms with Gasteiger partial charge in [-0.1, -0.05) is 38.1 Å². The predicted octanol–water partition coefficient (Wildman–Crippen LogP) is 3.18. The maximum atomic E-state index is 12.1. The zero-order valence-corrected chi connectivity index (χ0v) is 11.4. The van der Waals surface area contributed by atoms with Gasteiger partial charge in [0.1, 0.15) is 5.41 Å². The molecule has 0 aromatic heterocycles. The van der Waals surface area contributed by atoms with E-state index in [1.807, 2.05) is 12.1 Å². The summed E-state index contributed by atoms with van der Waals surface area (Å²) >= 11 is 0. The lowest BCUT2D eigenvalue weighted by Gasteiger charge is -2.17. The van der Waals surface area contributed by atoms with Gasteiger partial charge in [0.2, 0.25) is 0 Å². The highest BCUT2D eigenvalue weighted by molar-refractivity contribution is 6.11. The van der Waals surface area contributed by atoms with Gasteiger partial charge in [0.25, 0.3) is 0 Å². The van der Waals surface area contributed by atoms with Crippen molar-refractivity contribution in [3.63, 3.8) is 0 Å². The van der Waals surface area contributed by atoms with Crippen molar-refractivity contribution in [2.24, 2.45) is 11.3 Å². The van der Waals surface area contributed by atoms with Crippen LogP contribution in [0.25, 0.3) is 0 Å². The van der Waals surface area contributed by atoms with Gasteiger partial charge < -0.3 is 5.11 Å². The minimum absolute atomic E-state index is 0.355. The summed E-state index contributed by atoms with van der Waals surface area (Å²) < 4.78 is 0. The molecule has 0 radical (unpaired) electrons. The number of carboxylic acids is 1. The molecule has 3 nitrogen and oxygen atoms in total. The van der Waals surface area contributed by atoms with E-state index in [0.29, 0.717) is 11.5 Å². The number of rotatable bonds is 5. The molecule has 98 valence electrons. The lowest BCUT2D eigenvalue weighted by Crippen LogP contribution is -2.33. The summed E-state index contributed by atoms with van der Waals surface area (Å²) in [7, 11) is 0. The van der Waals surface area contributed by atoms with Crippen molar-refractivity contribution in [1.29, 1.82) is 0 Å². The largest absolute Gasteiger partial charge is 0.481 e. The van der Waals surface area contributed by atoms with Crippen LogP contribution in [0.15, 0.2) is 24.3 Å². The molecule has 0 aliphatic carbocycles. The minimum Gasteiger partial charge on any atom is -0.481 e. The molecule has 0 bridgehead atoms. The molecule has 0 unspecified atom stereocenters. The van der Waals surface area contributed by atoms with Gasteiger partial charge >= 0.3 is 5.97 Å². The topological polar surface area (TPSA) is 54.4 Å². The molecule has 1 N–H and O–H groups in total. The first-order valence-corrected chi connectivity index (χ1v) is 6.12. The first-order valence-electron chi connectivity index (χ1n) is 6.12. The highest BCUT2D eigenvalue weighted by Gasteiger charge is 2.36. The van der Waals surface area contributed by atoms with Crippen LogP contribution in [0.4, 0.5) is 0 Å². The Labute approximate surface area is 108 Å². The number of hydrogen-bond donors (Lipinski definition) is 1. The van der Waals surface area contributed by atoms with Crippen LogP contribution < -0.4 is 0 Å². The molecule has 0 amide bonds. The second-order valence-electron chi connectivity index (χ2n) is 5.55. The summed E-state index contributed by atoms with van der Waals surface area (Å²) in [6.07, 6.45) is 0.955. The highest BCUT2D eigenvalue weighted by atomic mass is 16.4. The summed E-state index contributed by atoms with van der Waals surface area (Å²) in [5, 5.41) is 9.03. The normalized spacial score (nSPS) is 11.6. The van der Waals surface area contributed by atoms with E-state index in [2.05, 4.69) is 13.8 Å². The zero-order chi connectivity index (χ0) is 13.9. The summed E-state index contributed by atoms with van der Waals surface area (Å²) in [5.74, 6) is -0.896. The third kappa shape index (κ3) is 3.19. The Morgan fingerprint density at radius 2 is 1.67 bits per heavy atom. The van der Waals surface area contributed by atoms with Crippen LogP contribution in [0.2, 0.25) is 0 Å². The Morgan fingerprint density at radius 1 is 1.17 bits per heavy atom. The van der Waals surface area contributed by atoms with Gasteiger partial charge in [-0.25, -0.2) is 0 Å². The number of carboxylic acid groups (broad SMARTS) is 1. The summed E-state index contributed by atoms with van der Waals surface area (Å²) in [6, 6.07) is 7.21. The maximum Gasteiger partial charge on any atom is 0.316 e. The van der Waals surface area contributed by atoms with Gasteiger partial charge in [-0.05, 0) is 31.7 Å². The Morgan fingerprint density at radius 3 is 2.06 bits per heavy atom. The van der Waals surface area contributed by atoms with Gasteiger partial charge in [0.15, 0.2) is 5.78 Å². The monoisotopic (exact) mass is 248 g/mol. The fraction of sp³-hybridized carbons (Fsp3) is 0.467. The van der Waals surface area contributed by atoms with Gasteiger partial charge in [-0.15, -0.1) is 0 Å². The van der Waals surface area contributed by atoms with E-state index < -0.39 is 11.4 Å². The average molecular weight is 248 g/mol. The van der Waals surface area contributed by atoms with E-state index in [1.54, 1.807) is 12.1 Å². The molecular formula is C15H20O3. The fourth-order valence-electron chi connectivity index (χ4n) is 1.72. The fourth-order valence-corrected chi connectivity index (χ4v) is 1.72. The number of benzene rings is 1. The number of Topliss-reactive ketones (excluding diaryl/α,β-unsaturated/α-hetero) is 1. The van der Waals surface area contributed by atoms with Crippen molar-refractivity contribution in [1.82, 2.24) is 0 Å². The highest BCUT2D eigenvalue weighted by Crippen LogP contribution is 2.22. The second-order valence-corrected chi connectivity index (χ2v) is 5.55. The van der Waals surface area contributed by atoms with Crippen molar-refractivity contribution in [2.75, 3.05) is 0 Å². The van der Waals surface area contributed by atoms with Gasteiger partial charge in [-0.2, -0.15) is 0 Å². The van der Waals surface area contributed by atoms with E-state index in [1.165, 1.54) is 13.8 Å². The van der Waals surface area contributed by atoms with E-state index in [-0.39, 0.29) is 5.78 Å². The molecule has 0 fully saturated rings. The molecule has 0 aliphatic rings. The van der Waals surface area contributed by atoms with Crippen LogP contribution in [0, 0.1) is 11.3 Å². The SMILES string of the molecule is CC(C)Cc1ccc(C(=O)C(C)(C)C(=O)O)cc1. The van der Waals surface area contributed by atoms with E-state index in [0.717, 1.165) is 12.0 Å². The summed E-state index contributed by atoms with van der Waals surface area (Å²) in [5.41, 5.74) is 0.240. The Balaban J connectivity index is 2.92. The average Bonchev–Trinajstić information content (AvgIpc) is 2.28. The third-order valence-electron chi connectivity index (χ3n) is 2.96. The van der Waals surface area contributed by atoms with Crippen molar-refractivity contribution in [3.8, 4) is 0 Å². The standard InChI is InChI=1S/C15H20O3/c1-10(2)9-11-5-7-12(8-6-11)13(16)15(3,4)14(17)18/h5-8,10H,9H2,1-4H3,(H,17,18). The molecule has 0 atom stereocenters. The zero-order valence-electron chi connectivity index (χ0n) is 11.4. The Hall–Kier alpha value is -1.64. The van der Waals surface area contributed by atoms with Gasteiger partial charge in [0.05, 0.1) is 0 Å². The maximum absolute atomic E-state index is 12.1. The number of aliphatic carboxylic acids is 1.